The van der Waals surface area contributed by atoms with Gasteiger partial charge in [0.2, 0.25) is 0 Å². The number of carbonyl (C=O) groups is 2. The van der Waals surface area contributed by atoms with Crippen molar-refractivity contribution in [2.75, 3.05) is 105 Å². The predicted molar refractivity (Wildman–Crippen MR) is 211 cm³/mol. The number of methoxy groups -OCH3 is 2. The van der Waals surface area contributed by atoms with Gasteiger partial charge in [-0.25, -0.2) is 4.98 Å². The van der Waals surface area contributed by atoms with Crippen LogP contribution >= 0.6 is 0 Å². The van der Waals surface area contributed by atoms with Gasteiger partial charge in [-0.2, -0.15) is 0 Å². The van der Waals surface area contributed by atoms with Crippen molar-refractivity contribution in [3.05, 3.63) is 87.5 Å². The molecule has 1 spiro atoms. The summed E-state index contributed by atoms with van der Waals surface area (Å²) in [5.41, 5.74) is 2.80. The van der Waals surface area contributed by atoms with Gasteiger partial charge < -0.3 is 33.5 Å². The Kier molecular flexibility index (Phi) is 11.0. The zero-order valence-corrected chi connectivity index (χ0v) is 32.5. The molecule has 3 aromatic carbocycles. The van der Waals surface area contributed by atoms with E-state index in [9.17, 15) is 14.4 Å². The largest absolute Gasteiger partial charge is 0.493 e. The van der Waals surface area contributed by atoms with Gasteiger partial charge in [0.1, 0.15) is 18.2 Å². The fourth-order valence-corrected chi connectivity index (χ4v) is 8.40. The number of fused-ring (bicyclic) bond motifs is 2. The molecular weight excluding hydrogens is 716 g/mol. The first-order chi connectivity index (χ1) is 27.2. The Labute approximate surface area is 326 Å². The number of ether oxygens (including phenoxy) is 5. The molecule has 4 aromatic rings. The Morgan fingerprint density at radius 1 is 0.786 bits per heavy atom. The maximum absolute atomic E-state index is 14.3. The first-order valence-corrected chi connectivity index (χ1v) is 19.5. The lowest BCUT2D eigenvalue weighted by molar-refractivity contribution is -0.0458. The average Bonchev–Trinajstić information content (AvgIpc) is 3.69. The summed E-state index contributed by atoms with van der Waals surface area (Å²) in [4.78, 5) is 54.9. The molecule has 8 rings (SSSR count). The molecule has 14 heteroatoms. The second-order valence-electron chi connectivity index (χ2n) is 15.1. The van der Waals surface area contributed by atoms with Gasteiger partial charge in [0.15, 0.2) is 11.5 Å². The number of aromatic nitrogens is 2. The fourth-order valence-electron chi connectivity index (χ4n) is 8.40. The van der Waals surface area contributed by atoms with Crippen LogP contribution in [-0.4, -0.2) is 142 Å². The van der Waals surface area contributed by atoms with Gasteiger partial charge in [-0.1, -0.05) is 6.07 Å². The number of amides is 2. The number of anilines is 1. The lowest BCUT2D eigenvalue weighted by Crippen LogP contribution is -2.53. The van der Waals surface area contributed by atoms with Crippen LogP contribution in [0.25, 0.3) is 10.9 Å². The molecule has 0 bridgehead atoms. The summed E-state index contributed by atoms with van der Waals surface area (Å²) >= 11 is 0. The monoisotopic (exact) mass is 766 g/mol. The number of aryl methyl sites for hydroxylation is 1. The lowest BCUT2D eigenvalue weighted by atomic mass is 10.00. The zero-order valence-electron chi connectivity index (χ0n) is 32.5. The minimum atomic E-state index is -0.385. The minimum absolute atomic E-state index is 0.0626. The highest BCUT2D eigenvalue weighted by molar-refractivity contribution is 6.21. The van der Waals surface area contributed by atoms with E-state index in [1.807, 2.05) is 36.4 Å². The molecule has 0 N–H and O–H groups in total. The number of carbonyl (C=O) groups excluding carboxylic acids is 2. The quantitative estimate of drug-likeness (QED) is 0.186. The van der Waals surface area contributed by atoms with Gasteiger partial charge in [0.05, 0.1) is 61.7 Å². The van der Waals surface area contributed by atoms with Crippen molar-refractivity contribution >= 4 is 28.4 Å². The minimum Gasteiger partial charge on any atom is -0.493 e. The van der Waals surface area contributed by atoms with Crippen LogP contribution in [0.3, 0.4) is 0 Å². The van der Waals surface area contributed by atoms with Crippen LogP contribution in [0.5, 0.6) is 17.2 Å². The van der Waals surface area contributed by atoms with E-state index in [0.717, 1.165) is 63.5 Å². The van der Waals surface area contributed by atoms with Gasteiger partial charge in [0.25, 0.3) is 17.4 Å². The van der Waals surface area contributed by atoms with E-state index in [1.54, 1.807) is 37.0 Å². The number of likely N-dealkylation sites (tertiary alicyclic amines) is 1. The van der Waals surface area contributed by atoms with Crippen LogP contribution in [0.2, 0.25) is 0 Å². The van der Waals surface area contributed by atoms with E-state index in [1.165, 1.54) is 4.90 Å². The molecule has 1 unspecified atom stereocenters. The second-order valence-corrected chi connectivity index (χ2v) is 15.1. The van der Waals surface area contributed by atoms with E-state index >= 15 is 0 Å². The highest BCUT2D eigenvalue weighted by atomic mass is 16.5. The van der Waals surface area contributed by atoms with E-state index in [0.29, 0.717) is 84.5 Å². The third-order valence-corrected chi connectivity index (χ3v) is 11.5. The molecule has 3 fully saturated rings. The molecule has 1 aromatic heterocycles. The number of morpholine rings is 2. The van der Waals surface area contributed by atoms with Crippen LogP contribution in [0.4, 0.5) is 5.69 Å². The van der Waals surface area contributed by atoms with Crippen molar-refractivity contribution in [2.45, 2.75) is 31.4 Å². The third-order valence-electron chi connectivity index (χ3n) is 11.5. The van der Waals surface area contributed by atoms with Gasteiger partial charge in [-0.15, -0.1) is 0 Å². The maximum atomic E-state index is 14.3. The maximum Gasteiger partial charge on any atom is 0.261 e. The molecule has 56 heavy (non-hydrogen) atoms. The summed E-state index contributed by atoms with van der Waals surface area (Å²) < 4.78 is 30.3. The van der Waals surface area contributed by atoms with Gasteiger partial charge >= 0.3 is 0 Å². The van der Waals surface area contributed by atoms with Crippen molar-refractivity contribution in [3.8, 4) is 17.2 Å². The molecule has 296 valence electrons. The molecule has 1 atom stereocenters. The Balaban J connectivity index is 1.04. The van der Waals surface area contributed by atoms with Crippen molar-refractivity contribution in [3.63, 3.8) is 0 Å². The van der Waals surface area contributed by atoms with Crippen LogP contribution < -0.4 is 24.7 Å². The highest BCUT2D eigenvalue weighted by Crippen LogP contribution is 2.33. The van der Waals surface area contributed by atoms with Crippen LogP contribution in [0.15, 0.2) is 59.4 Å². The molecule has 0 radical (unpaired) electrons. The highest BCUT2D eigenvalue weighted by Gasteiger charge is 2.42. The number of likely N-dealkylation sites (N-methyl/N-ethyl adjacent to an activating group) is 1. The third kappa shape index (κ3) is 7.70. The van der Waals surface area contributed by atoms with Gasteiger partial charge in [-0.3, -0.25) is 28.8 Å². The molecule has 5 heterocycles. The van der Waals surface area contributed by atoms with E-state index in [-0.39, 0.29) is 35.9 Å². The smallest absolute Gasteiger partial charge is 0.261 e. The standard InChI is InChI=1S/C42H50N6O8/c1-44-15-12-42(27-44)28-46(19-23-56-42)30-5-7-33-35(25-30)43-38(47(40(33)50)13-10-29-4-9-36(52-2)37(24-29)53-3)11-14-48-39(49)32-8-6-31(26-34(32)41(48)51)55-22-18-45-16-20-54-21-17-45/h4-9,24-26H,10-23,27-28H2,1-3H3. The Hall–Kier alpha value is -5.02. The normalized spacial score (nSPS) is 20.3. The van der Waals surface area contributed by atoms with Crippen molar-refractivity contribution < 1.29 is 33.3 Å². The first-order valence-electron chi connectivity index (χ1n) is 19.5. The zero-order chi connectivity index (χ0) is 38.8. The number of hydrogen-bond donors (Lipinski definition) is 0. The number of nitrogens with zero attached hydrogens (tertiary/aromatic N) is 6. The molecule has 0 saturated carbocycles. The molecular formula is C42H50N6O8. The van der Waals surface area contributed by atoms with Crippen molar-refractivity contribution in [2.24, 2.45) is 0 Å². The number of imide groups is 1. The number of hydrogen-bond acceptors (Lipinski definition) is 12. The van der Waals surface area contributed by atoms with Gasteiger partial charge in [0, 0.05) is 71.0 Å². The Morgan fingerprint density at radius 3 is 2.39 bits per heavy atom. The number of benzene rings is 3. The lowest BCUT2D eigenvalue weighted by Gasteiger charge is -2.41. The number of rotatable bonds is 13. The van der Waals surface area contributed by atoms with E-state index < -0.39 is 0 Å². The summed E-state index contributed by atoms with van der Waals surface area (Å²) in [5.74, 6) is 1.51. The summed E-state index contributed by atoms with van der Waals surface area (Å²) in [5, 5.41) is 0.510. The van der Waals surface area contributed by atoms with Crippen LogP contribution in [0.1, 0.15) is 38.5 Å². The van der Waals surface area contributed by atoms with E-state index in [2.05, 4.69) is 21.7 Å². The molecule has 2 amide bonds. The van der Waals surface area contributed by atoms with E-state index in [4.69, 9.17) is 28.7 Å². The topological polar surface area (TPSA) is 128 Å². The molecule has 3 saturated heterocycles. The summed E-state index contributed by atoms with van der Waals surface area (Å²) in [6.45, 7) is 8.76. The second kappa shape index (κ2) is 16.2. The van der Waals surface area contributed by atoms with Crippen molar-refractivity contribution in [1.29, 1.82) is 0 Å². The predicted octanol–water partition coefficient (Wildman–Crippen LogP) is 3.12. The summed E-state index contributed by atoms with van der Waals surface area (Å²) in [7, 11) is 5.31. The SMILES string of the molecule is COc1ccc(CCn2c(CCN3C(=O)c4ccc(OCCN5CCOCC5)cc4C3=O)nc3cc(N4CCOC5(CCN(C)C5)C4)ccc3c2=O)cc1OC. The summed E-state index contributed by atoms with van der Waals surface area (Å²) in [6.07, 6.45) is 1.69. The van der Waals surface area contributed by atoms with Crippen LogP contribution in [0, 0.1) is 0 Å². The van der Waals surface area contributed by atoms with Gasteiger partial charge in [-0.05, 0) is 74.0 Å². The Bertz CT molecular complexity index is 2170. The molecule has 14 nitrogen and oxygen atoms in total. The average molecular weight is 767 g/mol. The first kappa shape index (κ1) is 37.9. The summed E-state index contributed by atoms with van der Waals surface area (Å²) in [6, 6.07) is 16.6. The van der Waals surface area contributed by atoms with Crippen molar-refractivity contribution in [1.82, 2.24) is 24.3 Å². The molecule has 4 aliphatic heterocycles. The van der Waals surface area contributed by atoms with Crippen LogP contribution in [-0.2, 0) is 28.9 Å². The Morgan fingerprint density at radius 2 is 1.61 bits per heavy atom. The fraction of sp³-hybridized carbons (Fsp3) is 0.476. The molecule has 0 aliphatic carbocycles. The molecule has 4 aliphatic rings.